The maximum atomic E-state index is 12.9. The van der Waals surface area contributed by atoms with Crippen molar-refractivity contribution in [3.8, 4) is 0 Å². The number of amides is 1. The van der Waals surface area contributed by atoms with Crippen molar-refractivity contribution in [2.45, 2.75) is 78.4 Å². The van der Waals surface area contributed by atoms with Crippen LogP contribution in [0.5, 0.6) is 0 Å². The summed E-state index contributed by atoms with van der Waals surface area (Å²) in [6, 6.07) is 4.13. The van der Waals surface area contributed by atoms with Crippen molar-refractivity contribution in [2.24, 2.45) is 5.92 Å². The Hall–Kier alpha value is -1.29. The molecular formula is C20H33NO3. The Morgan fingerprint density at radius 3 is 2.75 bits per heavy atom. The van der Waals surface area contributed by atoms with Crippen molar-refractivity contribution in [2.75, 3.05) is 13.2 Å². The van der Waals surface area contributed by atoms with Gasteiger partial charge in [0.05, 0.1) is 6.04 Å². The number of hydrogen-bond acceptors (Lipinski definition) is 3. The number of aryl methyl sites for hydroxylation is 1. The summed E-state index contributed by atoms with van der Waals surface area (Å²) in [5.41, 5.74) is 0. The molecule has 4 nitrogen and oxygen atoms in total. The third-order valence-electron chi connectivity index (χ3n) is 4.81. The van der Waals surface area contributed by atoms with Crippen LogP contribution in [0.3, 0.4) is 0 Å². The highest BCUT2D eigenvalue weighted by atomic mass is 16.5. The number of ether oxygens (including phenoxy) is 1. The highest BCUT2D eigenvalue weighted by molar-refractivity contribution is 5.81. The summed E-state index contributed by atoms with van der Waals surface area (Å²) in [7, 11) is 0. The fourth-order valence-corrected chi connectivity index (χ4v) is 3.22. The molecule has 1 saturated heterocycles. The standard InChI is InChI=1S/C20H33NO3/c1-5-17-10-11-19(24-17)18-9-7-6-8-13-21(18)20(22)16(4)23-14-12-15(2)3/h10-11,15-16,18H,5-9,12-14H2,1-4H3. The summed E-state index contributed by atoms with van der Waals surface area (Å²) in [6.45, 7) is 9.74. The highest BCUT2D eigenvalue weighted by Gasteiger charge is 2.31. The van der Waals surface area contributed by atoms with Gasteiger partial charge in [-0.1, -0.05) is 33.6 Å². The lowest BCUT2D eigenvalue weighted by Crippen LogP contribution is -2.41. The van der Waals surface area contributed by atoms with Crippen molar-refractivity contribution in [1.29, 1.82) is 0 Å². The second kappa shape index (κ2) is 9.26. The first-order valence-electron chi connectivity index (χ1n) is 9.53. The van der Waals surface area contributed by atoms with Gasteiger partial charge in [0.2, 0.25) is 0 Å². The first-order chi connectivity index (χ1) is 11.5. The quantitative estimate of drug-likeness (QED) is 0.723. The van der Waals surface area contributed by atoms with E-state index in [0.29, 0.717) is 12.5 Å². The van der Waals surface area contributed by atoms with Crippen LogP contribution in [0.4, 0.5) is 0 Å². The number of likely N-dealkylation sites (tertiary alicyclic amines) is 1. The SMILES string of the molecule is CCc1ccc(C2CCCCCN2C(=O)C(C)OCCC(C)C)o1. The van der Waals surface area contributed by atoms with Gasteiger partial charge >= 0.3 is 0 Å². The van der Waals surface area contributed by atoms with Gasteiger partial charge in [-0.3, -0.25) is 4.79 Å². The minimum absolute atomic E-state index is 0.0523. The van der Waals surface area contributed by atoms with E-state index in [1.807, 2.05) is 24.0 Å². The first-order valence-corrected chi connectivity index (χ1v) is 9.53. The molecule has 1 aliphatic heterocycles. The molecule has 0 radical (unpaired) electrons. The van der Waals surface area contributed by atoms with Gasteiger partial charge in [0.25, 0.3) is 5.91 Å². The van der Waals surface area contributed by atoms with Crippen LogP contribution in [-0.4, -0.2) is 30.1 Å². The molecule has 136 valence electrons. The number of furan rings is 1. The Morgan fingerprint density at radius 1 is 1.29 bits per heavy atom. The zero-order chi connectivity index (χ0) is 17.5. The van der Waals surface area contributed by atoms with E-state index in [4.69, 9.17) is 9.15 Å². The van der Waals surface area contributed by atoms with E-state index in [0.717, 1.165) is 50.2 Å². The molecule has 2 atom stereocenters. The average Bonchev–Trinajstić information content (AvgIpc) is 2.90. The molecule has 24 heavy (non-hydrogen) atoms. The topological polar surface area (TPSA) is 42.7 Å². The van der Waals surface area contributed by atoms with E-state index in [-0.39, 0.29) is 18.1 Å². The summed E-state index contributed by atoms with van der Waals surface area (Å²) in [4.78, 5) is 14.9. The molecular weight excluding hydrogens is 302 g/mol. The maximum Gasteiger partial charge on any atom is 0.252 e. The lowest BCUT2D eigenvalue weighted by molar-refractivity contribution is -0.145. The molecule has 0 bridgehead atoms. The van der Waals surface area contributed by atoms with E-state index in [9.17, 15) is 4.79 Å². The van der Waals surface area contributed by atoms with E-state index >= 15 is 0 Å². The Kier molecular flexibility index (Phi) is 7.35. The van der Waals surface area contributed by atoms with Crippen molar-refractivity contribution in [1.82, 2.24) is 4.90 Å². The smallest absolute Gasteiger partial charge is 0.252 e. The average molecular weight is 335 g/mol. The molecule has 2 heterocycles. The van der Waals surface area contributed by atoms with Gasteiger partial charge in [0.1, 0.15) is 17.6 Å². The molecule has 0 aliphatic carbocycles. The zero-order valence-electron chi connectivity index (χ0n) is 15.7. The molecule has 2 unspecified atom stereocenters. The van der Waals surface area contributed by atoms with Gasteiger partial charge in [-0.2, -0.15) is 0 Å². The highest BCUT2D eigenvalue weighted by Crippen LogP contribution is 2.32. The monoisotopic (exact) mass is 335 g/mol. The van der Waals surface area contributed by atoms with Crippen LogP contribution in [0.2, 0.25) is 0 Å². The van der Waals surface area contributed by atoms with Gasteiger partial charge in [0.15, 0.2) is 0 Å². The second-order valence-electron chi connectivity index (χ2n) is 7.25. The van der Waals surface area contributed by atoms with E-state index in [1.54, 1.807) is 0 Å². The van der Waals surface area contributed by atoms with E-state index < -0.39 is 0 Å². The number of carbonyl (C=O) groups excluding carboxylic acids is 1. The van der Waals surface area contributed by atoms with Crippen LogP contribution >= 0.6 is 0 Å². The van der Waals surface area contributed by atoms with Crippen molar-refractivity contribution >= 4 is 5.91 Å². The second-order valence-corrected chi connectivity index (χ2v) is 7.25. The summed E-state index contributed by atoms with van der Waals surface area (Å²) >= 11 is 0. The molecule has 2 rings (SSSR count). The summed E-state index contributed by atoms with van der Waals surface area (Å²) < 4.78 is 11.8. The van der Waals surface area contributed by atoms with Crippen LogP contribution < -0.4 is 0 Å². The van der Waals surface area contributed by atoms with Crippen LogP contribution in [-0.2, 0) is 16.0 Å². The van der Waals surface area contributed by atoms with Gasteiger partial charge < -0.3 is 14.1 Å². The minimum Gasteiger partial charge on any atom is -0.464 e. The fraction of sp³-hybridized carbons (Fsp3) is 0.750. The van der Waals surface area contributed by atoms with Crippen LogP contribution in [0.25, 0.3) is 0 Å². The van der Waals surface area contributed by atoms with Crippen molar-refractivity contribution in [3.05, 3.63) is 23.7 Å². The lowest BCUT2D eigenvalue weighted by Gasteiger charge is -2.31. The summed E-state index contributed by atoms with van der Waals surface area (Å²) in [6.07, 6.45) is 5.83. The predicted octanol–water partition coefficient (Wildman–Crippen LogP) is 4.74. The lowest BCUT2D eigenvalue weighted by atomic mass is 10.1. The van der Waals surface area contributed by atoms with E-state index in [2.05, 4.69) is 20.8 Å². The molecule has 0 N–H and O–H groups in total. The largest absolute Gasteiger partial charge is 0.464 e. The molecule has 0 aromatic carbocycles. The van der Waals surface area contributed by atoms with Gasteiger partial charge in [0, 0.05) is 19.6 Å². The Morgan fingerprint density at radius 2 is 2.08 bits per heavy atom. The van der Waals surface area contributed by atoms with Crippen LogP contribution in [0, 0.1) is 5.92 Å². The van der Waals surface area contributed by atoms with Gasteiger partial charge in [-0.15, -0.1) is 0 Å². The number of rotatable bonds is 7. The van der Waals surface area contributed by atoms with Crippen LogP contribution in [0.1, 0.15) is 77.4 Å². The molecule has 0 saturated carbocycles. The normalized spacial score (nSPS) is 20.2. The fourth-order valence-electron chi connectivity index (χ4n) is 3.22. The molecule has 1 fully saturated rings. The Balaban J connectivity index is 2.06. The first kappa shape index (κ1) is 19.0. The predicted molar refractivity (Wildman–Crippen MR) is 95.9 cm³/mol. The Labute approximate surface area is 146 Å². The van der Waals surface area contributed by atoms with Gasteiger partial charge in [-0.05, 0) is 44.2 Å². The number of nitrogens with zero attached hydrogens (tertiary/aromatic N) is 1. The molecule has 1 aliphatic rings. The molecule has 1 aromatic rings. The van der Waals surface area contributed by atoms with Crippen molar-refractivity contribution < 1.29 is 13.9 Å². The van der Waals surface area contributed by atoms with E-state index in [1.165, 1.54) is 6.42 Å². The third kappa shape index (κ3) is 5.10. The van der Waals surface area contributed by atoms with Crippen LogP contribution in [0.15, 0.2) is 16.5 Å². The number of carbonyl (C=O) groups is 1. The van der Waals surface area contributed by atoms with Crippen molar-refractivity contribution in [3.63, 3.8) is 0 Å². The third-order valence-corrected chi connectivity index (χ3v) is 4.81. The van der Waals surface area contributed by atoms with Gasteiger partial charge in [-0.25, -0.2) is 0 Å². The molecule has 1 aromatic heterocycles. The molecule has 0 spiro atoms. The Bertz CT molecular complexity index is 509. The minimum atomic E-state index is -0.384. The zero-order valence-corrected chi connectivity index (χ0v) is 15.7. The summed E-state index contributed by atoms with van der Waals surface area (Å²) in [5.74, 6) is 2.60. The molecule has 4 heteroatoms. The number of hydrogen-bond donors (Lipinski definition) is 0. The summed E-state index contributed by atoms with van der Waals surface area (Å²) in [5, 5.41) is 0. The maximum absolute atomic E-state index is 12.9. The molecule has 1 amide bonds.